The van der Waals surface area contributed by atoms with Crippen molar-refractivity contribution in [2.45, 2.75) is 25.6 Å². The molecule has 0 bridgehead atoms. The predicted octanol–water partition coefficient (Wildman–Crippen LogP) is 1.41. The van der Waals surface area contributed by atoms with Gasteiger partial charge in [-0.3, -0.25) is 9.59 Å². The molecule has 0 saturated carbocycles. The Balaban J connectivity index is 1.72. The zero-order valence-electron chi connectivity index (χ0n) is 12.0. The highest BCUT2D eigenvalue weighted by Gasteiger charge is 2.43. The second-order valence-corrected chi connectivity index (χ2v) is 5.28. The van der Waals surface area contributed by atoms with Gasteiger partial charge in [0.1, 0.15) is 0 Å². The Kier molecular flexibility index (Phi) is 5.10. The van der Waals surface area contributed by atoms with Gasteiger partial charge in [0.05, 0.1) is 0 Å². The third-order valence-corrected chi connectivity index (χ3v) is 3.73. The molecule has 1 saturated heterocycles. The van der Waals surface area contributed by atoms with Crippen molar-refractivity contribution in [1.29, 1.82) is 0 Å². The minimum Gasteiger partial charge on any atom is -0.354 e. The Bertz CT molecular complexity index is 506. The van der Waals surface area contributed by atoms with Crippen LogP contribution in [0.25, 0.3) is 0 Å². The van der Waals surface area contributed by atoms with Crippen LogP contribution < -0.4 is 5.32 Å². The summed E-state index contributed by atoms with van der Waals surface area (Å²) in [5.74, 6) is -2.31. The molecular formula is C14H18F3N3O2. The molecule has 0 atom stereocenters. The van der Waals surface area contributed by atoms with Crippen molar-refractivity contribution in [3.8, 4) is 0 Å². The SMILES string of the molecule is O=C(NCCn1cccc1)C1CCN(C(=O)C(F)(F)F)CC1. The van der Waals surface area contributed by atoms with Crippen molar-refractivity contribution >= 4 is 11.8 Å². The first-order valence-corrected chi connectivity index (χ1v) is 7.12. The molecule has 0 spiro atoms. The molecule has 1 aromatic rings. The standard InChI is InChI=1S/C14H18F3N3O2/c15-14(16,17)13(22)20-8-3-11(4-9-20)12(21)18-5-10-19-6-1-2-7-19/h1-2,6-7,11H,3-5,8-10H2,(H,18,21). The molecule has 1 aliphatic rings. The number of rotatable bonds is 4. The van der Waals surface area contributed by atoms with E-state index >= 15 is 0 Å². The van der Waals surface area contributed by atoms with Crippen LogP contribution >= 0.6 is 0 Å². The van der Waals surface area contributed by atoms with Gasteiger partial charge < -0.3 is 14.8 Å². The van der Waals surface area contributed by atoms with Gasteiger partial charge in [-0.2, -0.15) is 13.2 Å². The first-order chi connectivity index (χ1) is 10.4. The summed E-state index contributed by atoms with van der Waals surface area (Å²) in [5, 5.41) is 2.78. The minimum absolute atomic E-state index is 0.0337. The first kappa shape index (κ1) is 16.4. The molecule has 2 amide bonds. The molecule has 0 unspecified atom stereocenters. The topological polar surface area (TPSA) is 54.3 Å². The van der Waals surface area contributed by atoms with E-state index in [0.717, 1.165) is 4.90 Å². The fourth-order valence-corrected chi connectivity index (χ4v) is 2.50. The summed E-state index contributed by atoms with van der Waals surface area (Å²) in [6.45, 7) is 1.04. The molecule has 2 rings (SSSR count). The Morgan fingerprint density at radius 2 is 1.73 bits per heavy atom. The largest absolute Gasteiger partial charge is 0.471 e. The number of likely N-dealkylation sites (tertiary alicyclic amines) is 1. The van der Waals surface area contributed by atoms with Crippen LogP contribution in [0.5, 0.6) is 0 Å². The Morgan fingerprint density at radius 3 is 2.27 bits per heavy atom. The molecule has 22 heavy (non-hydrogen) atoms. The number of carbonyl (C=O) groups excluding carboxylic acids is 2. The zero-order chi connectivity index (χ0) is 16.2. The van der Waals surface area contributed by atoms with Gasteiger partial charge in [0, 0.05) is 44.5 Å². The number of nitrogens with one attached hydrogen (secondary N) is 1. The van der Waals surface area contributed by atoms with Gasteiger partial charge in [-0.1, -0.05) is 0 Å². The molecule has 1 fully saturated rings. The van der Waals surface area contributed by atoms with Gasteiger partial charge in [0.2, 0.25) is 5.91 Å². The van der Waals surface area contributed by atoms with E-state index in [1.54, 1.807) is 0 Å². The van der Waals surface area contributed by atoms with Gasteiger partial charge in [-0.25, -0.2) is 0 Å². The highest BCUT2D eigenvalue weighted by molar-refractivity contribution is 5.83. The number of halogens is 3. The van der Waals surface area contributed by atoms with Gasteiger partial charge in [0.15, 0.2) is 0 Å². The molecule has 122 valence electrons. The van der Waals surface area contributed by atoms with Crippen LogP contribution in [0.2, 0.25) is 0 Å². The lowest BCUT2D eigenvalue weighted by Crippen LogP contribution is -2.47. The zero-order valence-corrected chi connectivity index (χ0v) is 12.0. The number of hydrogen-bond acceptors (Lipinski definition) is 2. The number of piperidine rings is 1. The smallest absolute Gasteiger partial charge is 0.354 e. The summed E-state index contributed by atoms with van der Waals surface area (Å²) in [5.41, 5.74) is 0. The van der Waals surface area contributed by atoms with Gasteiger partial charge in [-0.05, 0) is 25.0 Å². The maximum absolute atomic E-state index is 12.3. The number of amides is 2. The molecular weight excluding hydrogens is 299 g/mol. The van der Waals surface area contributed by atoms with Crippen molar-refractivity contribution in [3.63, 3.8) is 0 Å². The maximum Gasteiger partial charge on any atom is 0.471 e. The highest BCUT2D eigenvalue weighted by Crippen LogP contribution is 2.23. The normalized spacial score (nSPS) is 16.6. The molecule has 5 nitrogen and oxygen atoms in total. The lowest BCUT2D eigenvalue weighted by molar-refractivity contribution is -0.186. The van der Waals surface area contributed by atoms with Crippen molar-refractivity contribution < 1.29 is 22.8 Å². The van der Waals surface area contributed by atoms with Crippen molar-refractivity contribution in [2.24, 2.45) is 5.92 Å². The fourth-order valence-electron chi connectivity index (χ4n) is 2.50. The third kappa shape index (κ3) is 4.25. The fraction of sp³-hybridized carbons (Fsp3) is 0.571. The summed E-state index contributed by atoms with van der Waals surface area (Å²) in [6, 6.07) is 3.77. The molecule has 0 radical (unpaired) electrons. The molecule has 0 aromatic carbocycles. The van der Waals surface area contributed by atoms with Crippen LogP contribution in [-0.2, 0) is 16.1 Å². The monoisotopic (exact) mass is 317 g/mol. The van der Waals surface area contributed by atoms with Crippen LogP contribution in [0, 0.1) is 5.92 Å². The Labute approximate surface area is 126 Å². The highest BCUT2D eigenvalue weighted by atomic mass is 19.4. The molecule has 2 heterocycles. The second kappa shape index (κ2) is 6.85. The summed E-state index contributed by atoms with van der Waals surface area (Å²) < 4.78 is 38.9. The van der Waals surface area contributed by atoms with Gasteiger partial charge >= 0.3 is 12.1 Å². The maximum atomic E-state index is 12.3. The summed E-state index contributed by atoms with van der Waals surface area (Å²) >= 11 is 0. The van der Waals surface area contributed by atoms with E-state index in [4.69, 9.17) is 0 Å². The number of aromatic nitrogens is 1. The van der Waals surface area contributed by atoms with Crippen LogP contribution in [0.1, 0.15) is 12.8 Å². The number of nitrogens with zero attached hydrogens (tertiary/aromatic N) is 2. The van der Waals surface area contributed by atoms with E-state index in [-0.39, 0.29) is 37.8 Å². The van der Waals surface area contributed by atoms with E-state index in [0.29, 0.717) is 13.1 Å². The minimum atomic E-state index is -4.84. The summed E-state index contributed by atoms with van der Waals surface area (Å²) in [4.78, 5) is 23.8. The van der Waals surface area contributed by atoms with Crippen LogP contribution in [-0.4, -0.2) is 47.1 Å². The second-order valence-electron chi connectivity index (χ2n) is 5.28. The number of alkyl halides is 3. The van der Waals surface area contributed by atoms with Crippen molar-refractivity contribution in [2.75, 3.05) is 19.6 Å². The summed E-state index contributed by atoms with van der Waals surface area (Å²) in [7, 11) is 0. The van der Waals surface area contributed by atoms with E-state index in [2.05, 4.69) is 5.32 Å². The third-order valence-electron chi connectivity index (χ3n) is 3.73. The van der Waals surface area contributed by atoms with Crippen LogP contribution in [0.15, 0.2) is 24.5 Å². The predicted molar refractivity (Wildman–Crippen MR) is 72.8 cm³/mol. The quantitative estimate of drug-likeness (QED) is 0.913. The molecule has 0 aliphatic carbocycles. The Morgan fingerprint density at radius 1 is 1.14 bits per heavy atom. The lowest BCUT2D eigenvalue weighted by atomic mass is 9.96. The lowest BCUT2D eigenvalue weighted by Gasteiger charge is -2.31. The number of hydrogen-bond donors (Lipinski definition) is 1. The average Bonchev–Trinajstić information content (AvgIpc) is 2.99. The number of carbonyl (C=O) groups is 2. The van der Waals surface area contributed by atoms with E-state index in [1.165, 1.54) is 0 Å². The first-order valence-electron chi connectivity index (χ1n) is 7.12. The van der Waals surface area contributed by atoms with Gasteiger partial charge in [-0.15, -0.1) is 0 Å². The van der Waals surface area contributed by atoms with Gasteiger partial charge in [0.25, 0.3) is 0 Å². The summed E-state index contributed by atoms with van der Waals surface area (Å²) in [6.07, 6.45) is -0.555. The van der Waals surface area contributed by atoms with E-state index in [1.807, 2.05) is 29.1 Å². The molecule has 8 heteroatoms. The van der Waals surface area contributed by atoms with Crippen molar-refractivity contribution in [1.82, 2.24) is 14.8 Å². The van der Waals surface area contributed by atoms with E-state index in [9.17, 15) is 22.8 Å². The van der Waals surface area contributed by atoms with Crippen LogP contribution in [0.4, 0.5) is 13.2 Å². The van der Waals surface area contributed by atoms with Crippen molar-refractivity contribution in [3.05, 3.63) is 24.5 Å². The molecule has 1 N–H and O–H groups in total. The molecule has 1 aromatic heterocycles. The van der Waals surface area contributed by atoms with Crippen LogP contribution in [0.3, 0.4) is 0 Å². The average molecular weight is 317 g/mol. The van der Waals surface area contributed by atoms with E-state index < -0.39 is 12.1 Å². The Hall–Kier alpha value is -1.99. The molecule has 1 aliphatic heterocycles.